The van der Waals surface area contributed by atoms with E-state index < -0.39 is 41.9 Å². The molecule has 0 bridgehead atoms. The molecule has 4 heteroatoms. The normalized spacial score (nSPS) is 17.3. The van der Waals surface area contributed by atoms with Crippen molar-refractivity contribution in [1.82, 2.24) is 0 Å². The summed E-state index contributed by atoms with van der Waals surface area (Å²) in [5, 5.41) is 0. The first-order chi connectivity index (χ1) is 31.6. The molecule has 4 atom stereocenters. The Kier molecular flexibility index (Phi) is 14.1. The summed E-state index contributed by atoms with van der Waals surface area (Å²) in [6.45, 7) is 0. The molecule has 0 N–H and O–H groups in total. The fourth-order valence-corrected chi connectivity index (χ4v) is 27.6. The van der Waals surface area contributed by atoms with Crippen molar-refractivity contribution < 1.29 is 41.9 Å². The molecule has 0 fully saturated rings. The second kappa shape index (κ2) is 20.3. The summed E-state index contributed by atoms with van der Waals surface area (Å²) in [6.07, 6.45) is 19.3. The molecule has 0 spiro atoms. The van der Waals surface area contributed by atoms with Crippen LogP contribution in [-0.4, -0.2) is 8.52 Å². The van der Waals surface area contributed by atoms with Crippen LogP contribution in [0.3, 0.4) is 0 Å². The second-order valence-electron chi connectivity index (χ2n) is 17.2. The van der Waals surface area contributed by atoms with Gasteiger partial charge >= 0.3 is 397 Å². The number of rotatable bonds is 8. The van der Waals surface area contributed by atoms with E-state index in [1.54, 1.807) is 0 Å². The minimum absolute atomic E-state index is 0. The summed E-state index contributed by atoms with van der Waals surface area (Å²) in [5.41, 5.74) is 22.1. The predicted molar refractivity (Wildman–Crippen MR) is 283 cm³/mol. The molecule has 0 heterocycles. The molecule has 66 heavy (non-hydrogen) atoms. The average Bonchev–Trinajstić information content (AvgIpc) is 4.20. The van der Waals surface area contributed by atoms with E-state index in [-0.39, 0.29) is 24.8 Å². The maximum atomic E-state index is 4.92. The first-order valence-corrected chi connectivity index (χ1v) is 35.8. The minimum atomic E-state index is -2.33. The van der Waals surface area contributed by atoms with E-state index in [1.165, 1.54) is 89.0 Å². The van der Waals surface area contributed by atoms with E-state index >= 15 is 0 Å². The first-order valence-electron chi connectivity index (χ1n) is 22.5. The van der Waals surface area contributed by atoms with Crippen molar-refractivity contribution in [3.05, 3.63) is 263 Å². The molecule has 4 unspecified atom stereocenters. The third kappa shape index (κ3) is 8.63. The van der Waals surface area contributed by atoms with E-state index in [2.05, 4.69) is 243 Å². The molecule has 4 aliphatic carbocycles. The van der Waals surface area contributed by atoms with E-state index in [1.807, 2.05) is 0 Å². The van der Waals surface area contributed by atoms with Gasteiger partial charge < -0.3 is 0 Å². The van der Waals surface area contributed by atoms with Crippen LogP contribution < -0.4 is 0 Å². The van der Waals surface area contributed by atoms with Gasteiger partial charge in [0.15, 0.2) is 0 Å². The molecule has 320 valence electrons. The zero-order valence-electron chi connectivity index (χ0n) is 36.6. The van der Waals surface area contributed by atoms with Crippen molar-refractivity contribution in [3.8, 4) is 44.5 Å². The van der Waals surface area contributed by atoms with Gasteiger partial charge in [0.1, 0.15) is 0 Å². The molecule has 8 aromatic rings. The number of hydrogen-bond acceptors (Lipinski definition) is 0. The summed E-state index contributed by atoms with van der Waals surface area (Å²) >= 11 is -4.65. The van der Waals surface area contributed by atoms with Crippen molar-refractivity contribution in [2.45, 2.75) is 14.7 Å². The van der Waals surface area contributed by atoms with Crippen molar-refractivity contribution >= 4 is 57.6 Å². The Morgan fingerprint density at radius 2 is 0.470 bits per heavy atom. The standard InChI is InChI=1S/4C15H11.2CH2.2ClH.2Hf/c4*1-2-6-12(7-3-1)14-10-4-8-13-9-5-11-15(13)14;;;;;;/h4*1-11H;2*1H2;2*1H;;. The summed E-state index contributed by atoms with van der Waals surface area (Å²) in [7, 11) is 0. The zero-order chi connectivity index (χ0) is 43.0. The van der Waals surface area contributed by atoms with E-state index in [0.717, 1.165) is 0 Å². The van der Waals surface area contributed by atoms with Gasteiger partial charge in [0.25, 0.3) is 0 Å². The summed E-state index contributed by atoms with van der Waals surface area (Å²) < 4.78 is 11.9. The summed E-state index contributed by atoms with van der Waals surface area (Å²) in [6, 6.07) is 70.3. The van der Waals surface area contributed by atoms with Gasteiger partial charge in [-0.25, -0.2) is 0 Å². The van der Waals surface area contributed by atoms with Crippen molar-refractivity contribution in [3.63, 3.8) is 0 Å². The molecule has 0 amide bonds. The van der Waals surface area contributed by atoms with Gasteiger partial charge in [-0.2, -0.15) is 0 Å². The van der Waals surface area contributed by atoms with Crippen molar-refractivity contribution in [2.75, 3.05) is 0 Å². The van der Waals surface area contributed by atoms with Gasteiger partial charge in [-0.3, -0.25) is 0 Å². The molecule has 0 aliphatic heterocycles. The van der Waals surface area contributed by atoms with Crippen molar-refractivity contribution in [1.29, 1.82) is 0 Å². The van der Waals surface area contributed by atoms with Crippen LogP contribution in [0.5, 0.6) is 0 Å². The van der Waals surface area contributed by atoms with Crippen LogP contribution in [0, 0.1) is 0 Å². The Labute approximate surface area is 417 Å². The fraction of sp³-hybridized carbons (Fsp3) is 0.0645. The monoisotopic (exact) mass is 1220 g/mol. The molecule has 12 rings (SSSR count). The molecule has 0 saturated carbocycles. The van der Waals surface area contributed by atoms with Gasteiger partial charge in [-0.15, -0.1) is 24.8 Å². The molecule has 8 aromatic carbocycles. The SMILES string of the molecule is Cl.Cl.[CH2]=[Hf]([CH]1C=Cc2c(-c3ccccc3)cccc21)[CH]1C=Cc2c(-c3ccccc3)cccc21.[CH2]=[Hf]([CH]1C=Cc2c(-c3ccccc3)cccc21)[CH]1C=Cc2c(-c3ccccc3)cccc21. The molecule has 4 aliphatic rings. The average molecular weight is 1220 g/mol. The number of halogens is 2. The Hall–Kier alpha value is -5.22. The number of allylic oxidation sites excluding steroid dienone is 4. The van der Waals surface area contributed by atoms with Crippen LogP contribution in [0.4, 0.5) is 0 Å². The van der Waals surface area contributed by atoms with E-state index in [0.29, 0.717) is 14.7 Å². The number of hydrogen-bond donors (Lipinski definition) is 0. The van der Waals surface area contributed by atoms with Crippen LogP contribution >= 0.6 is 24.8 Å². The van der Waals surface area contributed by atoms with Gasteiger partial charge in [0.2, 0.25) is 0 Å². The van der Waals surface area contributed by atoms with Crippen LogP contribution in [0.15, 0.2) is 218 Å². The van der Waals surface area contributed by atoms with E-state index in [4.69, 9.17) is 8.52 Å². The fourth-order valence-electron chi connectivity index (χ4n) is 10.5. The Morgan fingerprint density at radius 3 is 0.682 bits per heavy atom. The van der Waals surface area contributed by atoms with Crippen molar-refractivity contribution in [2.24, 2.45) is 0 Å². The maximum absolute atomic E-state index is 4.92. The third-order valence-corrected chi connectivity index (χ3v) is 32.4. The van der Waals surface area contributed by atoms with Gasteiger partial charge in [0, 0.05) is 0 Å². The molecule has 0 radical (unpaired) electrons. The van der Waals surface area contributed by atoms with Crippen LogP contribution in [0.1, 0.15) is 59.2 Å². The third-order valence-electron chi connectivity index (χ3n) is 13.7. The Morgan fingerprint density at radius 1 is 0.258 bits per heavy atom. The van der Waals surface area contributed by atoms with E-state index in [9.17, 15) is 0 Å². The molecular formula is C62H50Cl2Hf2. The predicted octanol–water partition coefficient (Wildman–Crippen LogP) is 16.7. The Bertz CT molecular complexity index is 2770. The van der Waals surface area contributed by atoms with Gasteiger partial charge in [0.05, 0.1) is 0 Å². The van der Waals surface area contributed by atoms with Gasteiger partial charge in [-0.05, 0) is 0 Å². The first kappa shape index (κ1) is 45.9. The second-order valence-corrected chi connectivity index (χ2v) is 34.4. The summed E-state index contributed by atoms with van der Waals surface area (Å²) in [4.78, 5) is 0. The number of benzene rings is 8. The van der Waals surface area contributed by atoms with Crippen LogP contribution in [0.2, 0.25) is 0 Å². The Balaban J connectivity index is 0.000000161. The van der Waals surface area contributed by atoms with Gasteiger partial charge in [-0.1, -0.05) is 0 Å². The number of fused-ring (bicyclic) bond motifs is 4. The van der Waals surface area contributed by atoms with Crippen LogP contribution in [0.25, 0.3) is 68.8 Å². The molecule has 0 saturated heterocycles. The topological polar surface area (TPSA) is 0 Å². The molecule has 0 aromatic heterocycles. The quantitative estimate of drug-likeness (QED) is 0.133. The van der Waals surface area contributed by atoms with Crippen LogP contribution in [-0.2, 0) is 41.9 Å². The molecular weight excluding hydrogens is 1170 g/mol. The summed E-state index contributed by atoms with van der Waals surface area (Å²) in [5.74, 6) is 0. The zero-order valence-corrected chi connectivity index (χ0v) is 45.5. The molecule has 0 nitrogen and oxygen atoms in total.